The fourth-order valence-corrected chi connectivity index (χ4v) is 1.12. The average Bonchev–Trinajstić information content (AvgIpc) is 2.19. The van der Waals surface area contributed by atoms with Gasteiger partial charge in [0.05, 0.1) is 13.0 Å². The zero-order valence-electron chi connectivity index (χ0n) is 8.03. The molecule has 3 heteroatoms. The van der Waals surface area contributed by atoms with Gasteiger partial charge in [0, 0.05) is 5.56 Å². The SMILES string of the molecule is CCOc1cccc(C(=O)CC=O)c1. The third-order valence-corrected chi connectivity index (χ3v) is 1.74. The molecular weight excluding hydrogens is 180 g/mol. The molecule has 3 nitrogen and oxygen atoms in total. The molecule has 0 saturated heterocycles. The molecule has 1 aromatic rings. The lowest BCUT2D eigenvalue weighted by atomic mass is 10.1. The number of aldehydes is 1. The molecule has 0 atom stereocenters. The van der Waals surface area contributed by atoms with Gasteiger partial charge in [-0.2, -0.15) is 0 Å². The van der Waals surface area contributed by atoms with Crippen molar-refractivity contribution in [3.05, 3.63) is 29.8 Å². The lowest BCUT2D eigenvalue weighted by Gasteiger charge is -2.03. The molecule has 0 aliphatic carbocycles. The standard InChI is InChI=1S/C11H12O3/c1-2-14-10-5-3-4-9(8-10)11(13)6-7-12/h3-5,7-8H,2,6H2,1H3. The molecule has 0 spiro atoms. The summed E-state index contributed by atoms with van der Waals surface area (Å²) in [6, 6.07) is 6.84. The van der Waals surface area contributed by atoms with Gasteiger partial charge in [0.2, 0.25) is 0 Å². The van der Waals surface area contributed by atoms with E-state index in [4.69, 9.17) is 4.74 Å². The second kappa shape index (κ2) is 5.17. The van der Waals surface area contributed by atoms with Crippen LogP contribution in [0.2, 0.25) is 0 Å². The van der Waals surface area contributed by atoms with E-state index in [1.807, 2.05) is 6.92 Å². The van der Waals surface area contributed by atoms with Crippen LogP contribution < -0.4 is 4.74 Å². The summed E-state index contributed by atoms with van der Waals surface area (Å²) in [5.74, 6) is 0.478. The molecule has 0 fully saturated rings. The van der Waals surface area contributed by atoms with E-state index in [0.717, 1.165) is 0 Å². The Balaban J connectivity index is 2.82. The van der Waals surface area contributed by atoms with Gasteiger partial charge in [0.1, 0.15) is 12.0 Å². The van der Waals surface area contributed by atoms with Crippen molar-refractivity contribution in [1.29, 1.82) is 0 Å². The zero-order valence-corrected chi connectivity index (χ0v) is 8.03. The van der Waals surface area contributed by atoms with Gasteiger partial charge in [-0.1, -0.05) is 12.1 Å². The van der Waals surface area contributed by atoms with Crippen molar-refractivity contribution in [2.45, 2.75) is 13.3 Å². The number of Topliss-reactive ketones (excluding diaryl/α,β-unsaturated/α-hetero) is 1. The Morgan fingerprint density at radius 2 is 2.29 bits per heavy atom. The number of hydrogen-bond donors (Lipinski definition) is 0. The van der Waals surface area contributed by atoms with Crippen LogP contribution in [0, 0.1) is 0 Å². The largest absolute Gasteiger partial charge is 0.494 e. The second-order valence-corrected chi connectivity index (χ2v) is 2.75. The molecule has 0 aromatic heterocycles. The van der Waals surface area contributed by atoms with Crippen molar-refractivity contribution >= 4 is 12.1 Å². The highest BCUT2D eigenvalue weighted by Crippen LogP contribution is 2.14. The summed E-state index contributed by atoms with van der Waals surface area (Å²) in [4.78, 5) is 21.5. The van der Waals surface area contributed by atoms with Crippen molar-refractivity contribution in [2.24, 2.45) is 0 Å². The van der Waals surface area contributed by atoms with Crippen LogP contribution in [0.1, 0.15) is 23.7 Å². The molecule has 1 aromatic carbocycles. The van der Waals surface area contributed by atoms with Crippen LogP contribution in [0.3, 0.4) is 0 Å². The maximum absolute atomic E-state index is 11.3. The minimum absolute atomic E-state index is 0.0738. The summed E-state index contributed by atoms with van der Waals surface area (Å²) < 4.78 is 5.23. The third-order valence-electron chi connectivity index (χ3n) is 1.74. The molecule has 0 radical (unpaired) electrons. The molecule has 0 unspecified atom stereocenters. The van der Waals surface area contributed by atoms with Crippen molar-refractivity contribution in [2.75, 3.05) is 6.61 Å². The second-order valence-electron chi connectivity index (χ2n) is 2.75. The first-order chi connectivity index (χ1) is 6.77. The molecular formula is C11H12O3. The fraction of sp³-hybridized carbons (Fsp3) is 0.273. The van der Waals surface area contributed by atoms with Gasteiger partial charge < -0.3 is 9.53 Å². The molecule has 1 rings (SSSR count). The highest BCUT2D eigenvalue weighted by atomic mass is 16.5. The van der Waals surface area contributed by atoms with Crippen LogP contribution >= 0.6 is 0 Å². The molecule has 0 bridgehead atoms. The van der Waals surface area contributed by atoms with Crippen LogP contribution in [-0.2, 0) is 4.79 Å². The monoisotopic (exact) mass is 192 g/mol. The molecule has 0 saturated carbocycles. The summed E-state index contributed by atoms with van der Waals surface area (Å²) in [7, 11) is 0. The molecule has 0 heterocycles. The minimum atomic E-state index is -0.179. The van der Waals surface area contributed by atoms with Gasteiger partial charge in [-0.05, 0) is 19.1 Å². The van der Waals surface area contributed by atoms with E-state index in [2.05, 4.69) is 0 Å². The topological polar surface area (TPSA) is 43.4 Å². The number of rotatable bonds is 5. The number of ether oxygens (including phenoxy) is 1. The van der Waals surface area contributed by atoms with E-state index in [0.29, 0.717) is 24.2 Å². The number of benzene rings is 1. The Hall–Kier alpha value is -1.64. The molecule has 0 aliphatic heterocycles. The lowest BCUT2D eigenvalue weighted by Crippen LogP contribution is -2.00. The fourth-order valence-electron chi connectivity index (χ4n) is 1.12. The maximum atomic E-state index is 11.3. The highest BCUT2D eigenvalue weighted by Gasteiger charge is 2.05. The summed E-state index contributed by atoms with van der Waals surface area (Å²) in [6.07, 6.45) is 0.533. The summed E-state index contributed by atoms with van der Waals surface area (Å²) in [6.45, 7) is 2.44. The minimum Gasteiger partial charge on any atom is -0.494 e. The van der Waals surface area contributed by atoms with Crippen LogP contribution in [0.15, 0.2) is 24.3 Å². The Morgan fingerprint density at radius 1 is 1.50 bits per heavy atom. The van der Waals surface area contributed by atoms with Crippen molar-refractivity contribution in [1.82, 2.24) is 0 Å². The summed E-state index contributed by atoms with van der Waals surface area (Å²) in [5.41, 5.74) is 0.517. The highest BCUT2D eigenvalue weighted by molar-refractivity contribution is 6.02. The number of ketones is 1. The molecule has 0 amide bonds. The van der Waals surface area contributed by atoms with Crippen LogP contribution in [0.5, 0.6) is 5.75 Å². The van der Waals surface area contributed by atoms with Crippen LogP contribution in [0.4, 0.5) is 0 Å². The predicted octanol–water partition coefficient (Wildman–Crippen LogP) is 1.86. The van der Waals surface area contributed by atoms with Gasteiger partial charge in [-0.15, -0.1) is 0 Å². The van der Waals surface area contributed by atoms with Crippen molar-refractivity contribution < 1.29 is 14.3 Å². The van der Waals surface area contributed by atoms with E-state index in [1.54, 1.807) is 24.3 Å². The van der Waals surface area contributed by atoms with E-state index in [1.165, 1.54) is 0 Å². The Kier molecular flexibility index (Phi) is 3.85. The van der Waals surface area contributed by atoms with Crippen molar-refractivity contribution in [3.63, 3.8) is 0 Å². The number of carbonyl (C=O) groups is 2. The van der Waals surface area contributed by atoms with E-state index in [-0.39, 0.29) is 12.2 Å². The van der Waals surface area contributed by atoms with Gasteiger partial charge in [-0.25, -0.2) is 0 Å². The van der Waals surface area contributed by atoms with Gasteiger partial charge in [0.25, 0.3) is 0 Å². The van der Waals surface area contributed by atoms with Crippen LogP contribution in [-0.4, -0.2) is 18.7 Å². The number of carbonyl (C=O) groups excluding carboxylic acids is 2. The van der Waals surface area contributed by atoms with Gasteiger partial charge in [-0.3, -0.25) is 4.79 Å². The van der Waals surface area contributed by atoms with Gasteiger partial charge >= 0.3 is 0 Å². The smallest absolute Gasteiger partial charge is 0.170 e. The maximum Gasteiger partial charge on any atom is 0.170 e. The molecule has 0 aliphatic rings. The van der Waals surface area contributed by atoms with Crippen LogP contribution in [0.25, 0.3) is 0 Å². The Labute approximate surface area is 82.7 Å². The molecule has 74 valence electrons. The molecule has 0 N–H and O–H groups in total. The molecule has 14 heavy (non-hydrogen) atoms. The predicted molar refractivity (Wildman–Crippen MR) is 52.6 cm³/mol. The first-order valence-corrected chi connectivity index (χ1v) is 4.47. The number of hydrogen-bond acceptors (Lipinski definition) is 3. The lowest BCUT2D eigenvalue weighted by molar-refractivity contribution is -0.107. The first-order valence-electron chi connectivity index (χ1n) is 4.47. The first kappa shape index (κ1) is 10.4. The zero-order chi connectivity index (χ0) is 10.4. The summed E-state index contributed by atoms with van der Waals surface area (Å²) in [5, 5.41) is 0. The Morgan fingerprint density at radius 3 is 2.93 bits per heavy atom. The van der Waals surface area contributed by atoms with E-state index < -0.39 is 0 Å². The van der Waals surface area contributed by atoms with E-state index >= 15 is 0 Å². The third kappa shape index (κ3) is 2.69. The average molecular weight is 192 g/mol. The van der Waals surface area contributed by atoms with Crippen molar-refractivity contribution in [3.8, 4) is 5.75 Å². The van der Waals surface area contributed by atoms with Gasteiger partial charge in [0.15, 0.2) is 5.78 Å². The quantitative estimate of drug-likeness (QED) is 0.406. The van der Waals surface area contributed by atoms with E-state index in [9.17, 15) is 9.59 Å². The summed E-state index contributed by atoms with van der Waals surface area (Å²) >= 11 is 0. The normalized spacial score (nSPS) is 9.50. The Bertz CT molecular complexity index is 331.